The molecule has 0 aliphatic rings. The van der Waals surface area contributed by atoms with Crippen LogP contribution in [0.25, 0.3) is 22.3 Å². The summed E-state index contributed by atoms with van der Waals surface area (Å²) in [5, 5.41) is 0.424. The van der Waals surface area contributed by atoms with Crippen LogP contribution in [0.3, 0.4) is 0 Å². The van der Waals surface area contributed by atoms with E-state index in [1.165, 1.54) is 5.56 Å². The second-order valence-electron chi connectivity index (χ2n) is 9.49. The third kappa shape index (κ3) is 4.75. The van der Waals surface area contributed by atoms with Gasteiger partial charge in [-0.25, -0.2) is 0 Å². The number of ether oxygens (including phenoxy) is 1. The van der Waals surface area contributed by atoms with Crippen molar-refractivity contribution >= 4 is 16.8 Å². The minimum absolute atomic E-state index is 0.000346. The molecule has 3 aromatic carbocycles. The van der Waals surface area contributed by atoms with Gasteiger partial charge in [-0.05, 0) is 42.5 Å². The molecule has 0 bridgehead atoms. The van der Waals surface area contributed by atoms with Crippen molar-refractivity contribution in [3.63, 3.8) is 0 Å². The van der Waals surface area contributed by atoms with Crippen molar-refractivity contribution < 1.29 is 13.9 Å². The number of rotatable bonds is 5. The molecule has 0 N–H and O–H groups in total. The molecular weight excluding hydrogens is 412 g/mol. The lowest BCUT2D eigenvalue weighted by atomic mass is 9.86. The molecule has 33 heavy (non-hydrogen) atoms. The van der Waals surface area contributed by atoms with E-state index in [1.807, 2.05) is 62.4 Å². The summed E-state index contributed by atoms with van der Waals surface area (Å²) >= 11 is 0. The third-order valence-electron chi connectivity index (χ3n) is 5.74. The molecule has 1 aromatic heterocycles. The Morgan fingerprint density at radius 3 is 2.15 bits per heavy atom. The minimum Gasteiger partial charge on any atom is -0.478 e. The molecule has 0 saturated heterocycles. The molecule has 0 amide bonds. The Kier molecular flexibility index (Phi) is 5.94. The number of Topliss-reactive ketones (excluding diaryl/α,β-unsaturated/α-hetero) is 1. The van der Waals surface area contributed by atoms with Crippen LogP contribution >= 0.6 is 0 Å². The van der Waals surface area contributed by atoms with Crippen LogP contribution in [-0.2, 0) is 5.41 Å². The van der Waals surface area contributed by atoms with E-state index in [1.54, 1.807) is 18.2 Å². The van der Waals surface area contributed by atoms with Gasteiger partial charge in [-0.3, -0.25) is 9.59 Å². The molecule has 0 aliphatic heterocycles. The van der Waals surface area contributed by atoms with E-state index in [4.69, 9.17) is 9.15 Å². The summed E-state index contributed by atoms with van der Waals surface area (Å²) in [5.74, 6) is 0.179. The Morgan fingerprint density at radius 2 is 1.52 bits per heavy atom. The smallest absolute Gasteiger partial charge is 0.235 e. The highest BCUT2D eigenvalue weighted by Crippen LogP contribution is 2.33. The maximum atomic E-state index is 13.4. The molecule has 4 heteroatoms. The first-order valence-corrected chi connectivity index (χ1v) is 11.0. The SMILES string of the molecule is Cc1ccc(C(=O)COc2c(-c3ccc(C(C)(C)C)cc3)oc3cc(C)ccc3c2=O)cc1. The number of benzene rings is 3. The standard InChI is InChI=1S/C29H28O4/c1-18-6-9-20(10-7-18)24(30)17-32-28-26(31)23-15-8-19(2)16-25(23)33-27(28)21-11-13-22(14-12-21)29(3,4)5/h6-16H,17H2,1-5H3. The molecule has 0 atom stereocenters. The zero-order valence-electron chi connectivity index (χ0n) is 19.7. The zero-order valence-corrected chi connectivity index (χ0v) is 19.7. The number of fused-ring (bicyclic) bond motifs is 1. The summed E-state index contributed by atoms with van der Waals surface area (Å²) in [7, 11) is 0. The fourth-order valence-corrected chi connectivity index (χ4v) is 3.69. The average molecular weight is 441 g/mol. The molecule has 4 rings (SSSR count). The highest BCUT2D eigenvalue weighted by molar-refractivity contribution is 5.97. The van der Waals surface area contributed by atoms with Crippen molar-refractivity contribution in [3.8, 4) is 17.1 Å². The van der Waals surface area contributed by atoms with Crippen LogP contribution in [-0.4, -0.2) is 12.4 Å². The normalized spacial score (nSPS) is 11.5. The summed E-state index contributed by atoms with van der Waals surface area (Å²) in [6, 6.07) is 20.6. The number of carbonyl (C=O) groups excluding carboxylic acids is 1. The summed E-state index contributed by atoms with van der Waals surface area (Å²) in [6.45, 7) is 10.1. The first-order chi connectivity index (χ1) is 15.6. The summed E-state index contributed by atoms with van der Waals surface area (Å²) in [6.07, 6.45) is 0. The van der Waals surface area contributed by atoms with Gasteiger partial charge >= 0.3 is 0 Å². The van der Waals surface area contributed by atoms with Crippen LogP contribution in [0.4, 0.5) is 0 Å². The molecule has 0 saturated carbocycles. The van der Waals surface area contributed by atoms with Gasteiger partial charge in [0.2, 0.25) is 11.2 Å². The number of carbonyl (C=O) groups is 1. The Bertz CT molecular complexity index is 1370. The second kappa shape index (κ2) is 8.70. The lowest BCUT2D eigenvalue weighted by molar-refractivity contribution is 0.0920. The first-order valence-electron chi connectivity index (χ1n) is 11.0. The fraction of sp³-hybridized carbons (Fsp3) is 0.241. The van der Waals surface area contributed by atoms with E-state index in [2.05, 4.69) is 20.8 Å². The van der Waals surface area contributed by atoms with E-state index >= 15 is 0 Å². The van der Waals surface area contributed by atoms with Crippen LogP contribution < -0.4 is 10.2 Å². The lowest BCUT2D eigenvalue weighted by Gasteiger charge is -2.19. The maximum absolute atomic E-state index is 13.4. The van der Waals surface area contributed by atoms with Crippen LogP contribution in [0.5, 0.6) is 5.75 Å². The molecule has 0 fully saturated rings. The van der Waals surface area contributed by atoms with Crippen molar-refractivity contribution in [1.82, 2.24) is 0 Å². The molecular formula is C29H28O4. The monoisotopic (exact) mass is 440 g/mol. The van der Waals surface area contributed by atoms with Crippen molar-refractivity contribution in [2.24, 2.45) is 0 Å². The maximum Gasteiger partial charge on any atom is 0.235 e. The number of aryl methyl sites for hydroxylation is 2. The minimum atomic E-state index is -0.289. The fourth-order valence-electron chi connectivity index (χ4n) is 3.69. The van der Waals surface area contributed by atoms with Crippen LogP contribution in [0.2, 0.25) is 0 Å². The Labute approximate surface area is 193 Å². The van der Waals surface area contributed by atoms with Crippen molar-refractivity contribution in [2.45, 2.75) is 40.0 Å². The highest BCUT2D eigenvalue weighted by atomic mass is 16.5. The van der Waals surface area contributed by atoms with Crippen molar-refractivity contribution in [1.29, 1.82) is 0 Å². The predicted octanol–water partition coefficient (Wildman–Crippen LogP) is 6.64. The summed E-state index contributed by atoms with van der Waals surface area (Å²) < 4.78 is 12.0. The van der Waals surface area contributed by atoms with Gasteiger partial charge in [0.15, 0.2) is 18.2 Å². The van der Waals surface area contributed by atoms with Gasteiger partial charge in [0, 0.05) is 11.1 Å². The van der Waals surface area contributed by atoms with Crippen molar-refractivity contribution in [2.75, 3.05) is 6.61 Å². The molecule has 4 nitrogen and oxygen atoms in total. The van der Waals surface area contributed by atoms with Gasteiger partial charge < -0.3 is 9.15 Å². The molecule has 168 valence electrons. The van der Waals surface area contributed by atoms with E-state index in [0.29, 0.717) is 22.3 Å². The van der Waals surface area contributed by atoms with E-state index in [0.717, 1.165) is 16.7 Å². The van der Waals surface area contributed by atoms with Crippen LogP contribution in [0.1, 0.15) is 47.8 Å². The van der Waals surface area contributed by atoms with Crippen LogP contribution in [0.15, 0.2) is 75.9 Å². The average Bonchev–Trinajstić information content (AvgIpc) is 2.78. The first kappa shape index (κ1) is 22.5. The van der Waals surface area contributed by atoms with Crippen molar-refractivity contribution in [3.05, 3.63) is 99.2 Å². The molecule has 0 spiro atoms. The quantitative estimate of drug-likeness (QED) is 0.327. The van der Waals surface area contributed by atoms with Gasteiger partial charge in [0.05, 0.1) is 5.39 Å². The number of hydrogen-bond acceptors (Lipinski definition) is 4. The van der Waals surface area contributed by atoms with Gasteiger partial charge in [-0.15, -0.1) is 0 Å². The van der Waals surface area contributed by atoms with E-state index < -0.39 is 0 Å². The largest absolute Gasteiger partial charge is 0.478 e. The molecule has 1 heterocycles. The predicted molar refractivity (Wildman–Crippen MR) is 132 cm³/mol. The summed E-state index contributed by atoms with van der Waals surface area (Å²) in [5.41, 5.74) is 4.69. The Hall–Kier alpha value is -3.66. The summed E-state index contributed by atoms with van der Waals surface area (Å²) in [4.78, 5) is 26.1. The number of ketones is 1. The third-order valence-corrected chi connectivity index (χ3v) is 5.74. The molecule has 4 aromatic rings. The lowest BCUT2D eigenvalue weighted by Crippen LogP contribution is -2.17. The highest BCUT2D eigenvalue weighted by Gasteiger charge is 2.20. The van der Waals surface area contributed by atoms with Gasteiger partial charge in [-0.2, -0.15) is 0 Å². The molecule has 0 aliphatic carbocycles. The second-order valence-corrected chi connectivity index (χ2v) is 9.49. The van der Waals surface area contributed by atoms with Crippen LogP contribution in [0, 0.1) is 13.8 Å². The Balaban J connectivity index is 1.77. The zero-order chi connectivity index (χ0) is 23.8. The topological polar surface area (TPSA) is 56.5 Å². The van der Waals surface area contributed by atoms with Gasteiger partial charge in [-0.1, -0.05) is 80.9 Å². The number of hydrogen-bond donors (Lipinski definition) is 0. The van der Waals surface area contributed by atoms with Gasteiger partial charge in [0.25, 0.3) is 0 Å². The van der Waals surface area contributed by atoms with E-state index in [9.17, 15) is 9.59 Å². The van der Waals surface area contributed by atoms with E-state index in [-0.39, 0.29) is 29.0 Å². The van der Waals surface area contributed by atoms with Gasteiger partial charge in [0.1, 0.15) is 5.58 Å². The molecule has 0 radical (unpaired) electrons. The molecule has 0 unspecified atom stereocenters. The Morgan fingerprint density at radius 1 is 0.879 bits per heavy atom.